The van der Waals surface area contributed by atoms with E-state index in [1.165, 1.54) is 0 Å². The third-order valence-corrected chi connectivity index (χ3v) is 5.05. The van der Waals surface area contributed by atoms with Gasteiger partial charge in [-0.1, -0.05) is 0 Å². The largest absolute Gasteiger partial charge is 0.493 e. The fourth-order valence-corrected chi connectivity index (χ4v) is 3.53. The summed E-state index contributed by atoms with van der Waals surface area (Å²) in [6.07, 6.45) is 3.87. The van der Waals surface area contributed by atoms with Gasteiger partial charge in [0.25, 0.3) is 0 Å². The molecule has 0 radical (unpaired) electrons. The van der Waals surface area contributed by atoms with Crippen LogP contribution < -0.4 is 14.2 Å². The summed E-state index contributed by atoms with van der Waals surface area (Å²) >= 11 is 0. The van der Waals surface area contributed by atoms with E-state index in [1.807, 2.05) is 36.4 Å². The lowest BCUT2D eigenvalue weighted by Crippen LogP contribution is -2.10. The highest BCUT2D eigenvalue weighted by molar-refractivity contribution is 5.87. The second-order valence-corrected chi connectivity index (χ2v) is 6.91. The Morgan fingerprint density at radius 1 is 1.11 bits per heavy atom. The third kappa shape index (κ3) is 3.63. The average Bonchev–Trinajstić information content (AvgIpc) is 3.16. The zero-order chi connectivity index (χ0) is 19.5. The minimum atomic E-state index is 0.255. The summed E-state index contributed by atoms with van der Waals surface area (Å²) in [4.78, 5) is 20.7. The lowest BCUT2D eigenvalue weighted by atomic mass is 10.1. The first-order valence-corrected chi connectivity index (χ1v) is 9.30. The summed E-state index contributed by atoms with van der Waals surface area (Å²) in [5.41, 5.74) is 2.43. The smallest absolute Gasteiger partial charge is 0.223 e. The van der Waals surface area contributed by atoms with Crippen LogP contribution in [0.5, 0.6) is 17.4 Å². The number of nitrogens with zero attached hydrogens (tertiary/aromatic N) is 2. The van der Waals surface area contributed by atoms with Crippen molar-refractivity contribution in [2.45, 2.75) is 19.3 Å². The van der Waals surface area contributed by atoms with Crippen molar-refractivity contribution >= 4 is 16.7 Å². The number of ether oxygens (including phenoxy) is 3. The second-order valence-electron chi connectivity index (χ2n) is 6.91. The van der Waals surface area contributed by atoms with Gasteiger partial charge in [-0.2, -0.15) is 0 Å². The van der Waals surface area contributed by atoms with Crippen LogP contribution in [-0.2, 0) is 4.79 Å². The van der Waals surface area contributed by atoms with Crippen LogP contribution in [-0.4, -0.2) is 36.6 Å². The summed E-state index contributed by atoms with van der Waals surface area (Å²) in [6.45, 7) is 0.484. The van der Waals surface area contributed by atoms with E-state index in [4.69, 9.17) is 19.2 Å². The summed E-state index contributed by atoms with van der Waals surface area (Å²) in [7, 11) is 3.21. The minimum absolute atomic E-state index is 0.255. The van der Waals surface area contributed by atoms with Gasteiger partial charge in [-0.15, -0.1) is 0 Å². The summed E-state index contributed by atoms with van der Waals surface area (Å²) < 4.78 is 16.8. The lowest BCUT2D eigenvalue weighted by molar-refractivity contribution is -0.117. The molecule has 2 aromatic heterocycles. The van der Waals surface area contributed by atoms with Crippen molar-refractivity contribution < 1.29 is 19.0 Å². The number of hydrogen-bond acceptors (Lipinski definition) is 6. The predicted octanol–water partition coefficient (Wildman–Crippen LogP) is 4.06. The van der Waals surface area contributed by atoms with E-state index in [0.29, 0.717) is 42.6 Å². The van der Waals surface area contributed by atoms with Crippen molar-refractivity contribution in [1.82, 2.24) is 9.97 Å². The van der Waals surface area contributed by atoms with Gasteiger partial charge < -0.3 is 14.2 Å². The van der Waals surface area contributed by atoms with Gasteiger partial charge in [0.1, 0.15) is 5.78 Å². The Bertz CT molecular complexity index is 1020. The molecule has 0 N–H and O–H groups in total. The first-order chi connectivity index (χ1) is 13.7. The molecule has 1 aromatic carbocycles. The van der Waals surface area contributed by atoms with Gasteiger partial charge in [-0.3, -0.25) is 9.78 Å². The summed E-state index contributed by atoms with van der Waals surface area (Å²) in [5.74, 6) is 2.40. The molecule has 1 saturated carbocycles. The monoisotopic (exact) mass is 378 g/mol. The molecule has 4 rings (SSSR count). The number of ketones is 1. The van der Waals surface area contributed by atoms with Crippen LogP contribution in [0.15, 0.2) is 42.6 Å². The van der Waals surface area contributed by atoms with Gasteiger partial charge in [0.05, 0.1) is 37.4 Å². The molecule has 0 spiro atoms. The highest BCUT2D eigenvalue weighted by Crippen LogP contribution is 2.34. The van der Waals surface area contributed by atoms with Gasteiger partial charge in [-0.25, -0.2) is 4.98 Å². The molecule has 0 amide bonds. The number of carbonyl (C=O) groups is 1. The Kier molecular flexibility index (Phi) is 5.10. The first-order valence-electron chi connectivity index (χ1n) is 9.30. The number of aromatic nitrogens is 2. The number of pyridine rings is 2. The zero-order valence-corrected chi connectivity index (χ0v) is 16.0. The maximum absolute atomic E-state index is 11.5. The van der Waals surface area contributed by atoms with E-state index in [2.05, 4.69) is 4.98 Å². The zero-order valence-electron chi connectivity index (χ0n) is 16.0. The van der Waals surface area contributed by atoms with Gasteiger partial charge >= 0.3 is 0 Å². The Hall–Kier alpha value is -3.15. The highest BCUT2D eigenvalue weighted by atomic mass is 16.5. The number of benzene rings is 1. The predicted molar refractivity (Wildman–Crippen MR) is 106 cm³/mol. The molecule has 0 saturated heterocycles. The minimum Gasteiger partial charge on any atom is -0.493 e. The van der Waals surface area contributed by atoms with Crippen molar-refractivity contribution in [2.24, 2.45) is 5.92 Å². The van der Waals surface area contributed by atoms with Crippen molar-refractivity contribution in [2.75, 3.05) is 20.8 Å². The molecule has 3 aromatic rings. The van der Waals surface area contributed by atoms with E-state index >= 15 is 0 Å². The maximum Gasteiger partial charge on any atom is 0.223 e. The highest BCUT2D eigenvalue weighted by Gasteiger charge is 2.23. The number of fused-ring (bicyclic) bond motifs is 1. The van der Waals surface area contributed by atoms with Crippen molar-refractivity contribution in [3.05, 3.63) is 42.6 Å². The SMILES string of the molecule is COc1ccc(-c2cc3ncccc3c(OC[C@H]3CCC(=O)C3)n2)cc1OC. The number of hydrogen-bond donors (Lipinski definition) is 0. The Balaban J connectivity index is 1.70. The number of carbonyl (C=O) groups excluding carboxylic acids is 1. The fourth-order valence-electron chi connectivity index (χ4n) is 3.53. The van der Waals surface area contributed by atoms with Crippen molar-refractivity contribution in [3.8, 4) is 28.6 Å². The number of Topliss-reactive ketones (excluding diaryl/α,β-unsaturated/α-hetero) is 1. The molecule has 144 valence electrons. The topological polar surface area (TPSA) is 70.5 Å². The second kappa shape index (κ2) is 7.84. The maximum atomic E-state index is 11.5. The third-order valence-electron chi connectivity index (χ3n) is 5.05. The molecular weight excluding hydrogens is 356 g/mol. The van der Waals surface area contributed by atoms with Crippen molar-refractivity contribution in [1.29, 1.82) is 0 Å². The van der Waals surface area contributed by atoms with Crippen LogP contribution in [0.1, 0.15) is 19.3 Å². The molecule has 0 unspecified atom stereocenters. The standard InChI is InChI=1S/C22H22N2O4/c1-26-20-8-6-15(11-21(20)27-2)18-12-19-17(4-3-9-23-19)22(24-18)28-13-14-5-7-16(25)10-14/h3-4,6,8-9,11-12,14H,5,7,10,13H2,1-2H3/t14-/m0/s1. The molecular formula is C22H22N2O4. The van der Waals surface area contributed by atoms with E-state index in [9.17, 15) is 4.79 Å². The van der Waals surface area contributed by atoms with E-state index < -0.39 is 0 Å². The molecule has 6 heteroatoms. The summed E-state index contributed by atoms with van der Waals surface area (Å²) in [6, 6.07) is 11.4. The molecule has 0 bridgehead atoms. The average molecular weight is 378 g/mol. The lowest BCUT2D eigenvalue weighted by Gasteiger charge is -2.14. The van der Waals surface area contributed by atoms with Gasteiger partial charge in [0.2, 0.25) is 5.88 Å². The molecule has 0 aliphatic heterocycles. The van der Waals surface area contributed by atoms with Gasteiger partial charge in [0.15, 0.2) is 11.5 Å². The fraction of sp³-hybridized carbons (Fsp3) is 0.318. The van der Waals surface area contributed by atoms with E-state index in [0.717, 1.165) is 28.6 Å². The molecule has 28 heavy (non-hydrogen) atoms. The van der Waals surface area contributed by atoms with Crippen LogP contribution in [0.3, 0.4) is 0 Å². The number of rotatable bonds is 6. The van der Waals surface area contributed by atoms with Gasteiger partial charge in [0, 0.05) is 30.5 Å². The van der Waals surface area contributed by atoms with Crippen LogP contribution in [0, 0.1) is 5.92 Å². The molecule has 2 heterocycles. The Morgan fingerprint density at radius 2 is 1.96 bits per heavy atom. The van der Waals surface area contributed by atoms with Crippen molar-refractivity contribution in [3.63, 3.8) is 0 Å². The molecule has 1 aliphatic carbocycles. The van der Waals surface area contributed by atoms with E-state index in [1.54, 1.807) is 20.4 Å². The number of methoxy groups -OCH3 is 2. The van der Waals surface area contributed by atoms with Crippen LogP contribution in [0.4, 0.5) is 0 Å². The molecule has 1 atom stereocenters. The van der Waals surface area contributed by atoms with Crippen LogP contribution in [0.2, 0.25) is 0 Å². The molecule has 1 fully saturated rings. The quantitative estimate of drug-likeness (QED) is 0.644. The van der Waals surface area contributed by atoms with Crippen LogP contribution >= 0.6 is 0 Å². The van der Waals surface area contributed by atoms with Crippen LogP contribution in [0.25, 0.3) is 22.2 Å². The Labute approximate surface area is 163 Å². The van der Waals surface area contributed by atoms with E-state index in [-0.39, 0.29) is 5.92 Å². The normalized spacial score (nSPS) is 16.4. The summed E-state index contributed by atoms with van der Waals surface area (Å²) in [5, 5.41) is 0.857. The Morgan fingerprint density at radius 3 is 2.71 bits per heavy atom. The first kappa shape index (κ1) is 18.2. The molecule has 6 nitrogen and oxygen atoms in total. The molecule has 1 aliphatic rings. The van der Waals surface area contributed by atoms with Gasteiger partial charge in [-0.05, 0) is 42.8 Å².